The van der Waals surface area contributed by atoms with Crippen molar-refractivity contribution in [2.24, 2.45) is 0 Å². The highest BCUT2D eigenvalue weighted by Gasteiger charge is 2.45. The molecule has 1 aliphatic rings. The maximum Gasteiger partial charge on any atom is 0.297 e. The Bertz CT molecular complexity index is 1720. The minimum Gasteiger partial charge on any atom is -0.494 e. The molecule has 0 spiro atoms. The Labute approximate surface area is 224 Å². The standard InChI is InChI=1S/C28H20FN3O4S2/c1-2-35-19-10-6-9-17(13-19)23-22-24(33)20-14-18(29)11-12-21(20)36-25(22)26(34)32(23)27-30-31-28(38-27)37-15-16-7-4-3-5-8-16/h3-14,23H,2,15H2,1H3. The van der Waals surface area contributed by atoms with Crippen molar-refractivity contribution in [3.63, 3.8) is 0 Å². The number of hydrogen-bond acceptors (Lipinski definition) is 8. The third kappa shape index (κ3) is 4.35. The zero-order valence-corrected chi connectivity index (χ0v) is 21.7. The Kier molecular flexibility index (Phi) is 6.42. The Hall–Kier alpha value is -4.02. The predicted octanol–water partition coefficient (Wildman–Crippen LogP) is 6.22. The van der Waals surface area contributed by atoms with Crippen molar-refractivity contribution in [1.29, 1.82) is 0 Å². The van der Waals surface area contributed by atoms with Gasteiger partial charge in [0.05, 0.1) is 23.6 Å². The molecule has 38 heavy (non-hydrogen) atoms. The molecule has 10 heteroatoms. The van der Waals surface area contributed by atoms with Crippen molar-refractivity contribution in [3.8, 4) is 5.75 Å². The van der Waals surface area contributed by atoms with E-state index in [1.807, 2.05) is 43.3 Å². The number of anilines is 1. The molecule has 1 amide bonds. The molecular formula is C28H20FN3O4S2. The number of aromatic nitrogens is 2. The molecule has 7 nitrogen and oxygen atoms in total. The Morgan fingerprint density at radius 1 is 1.05 bits per heavy atom. The zero-order chi connectivity index (χ0) is 26.2. The van der Waals surface area contributed by atoms with E-state index in [-0.39, 0.29) is 22.3 Å². The van der Waals surface area contributed by atoms with Gasteiger partial charge in [-0.1, -0.05) is 65.6 Å². The second-order valence-corrected chi connectivity index (χ2v) is 10.7. The van der Waals surface area contributed by atoms with Gasteiger partial charge in [0, 0.05) is 5.75 Å². The molecule has 0 fully saturated rings. The summed E-state index contributed by atoms with van der Waals surface area (Å²) in [5.74, 6) is 0.129. The van der Waals surface area contributed by atoms with Crippen LogP contribution in [0.3, 0.4) is 0 Å². The van der Waals surface area contributed by atoms with Gasteiger partial charge >= 0.3 is 0 Å². The van der Waals surface area contributed by atoms with Gasteiger partial charge in [0.1, 0.15) is 17.1 Å². The average molecular weight is 546 g/mol. The van der Waals surface area contributed by atoms with Crippen LogP contribution in [0.5, 0.6) is 5.75 Å². The fraction of sp³-hybridized carbons (Fsp3) is 0.143. The van der Waals surface area contributed by atoms with E-state index >= 15 is 0 Å². The molecular weight excluding hydrogens is 525 g/mol. The van der Waals surface area contributed by atoms with E-state index in [4.69, 9.17) is 9.15 Å². The van der Waals surface area contributed by atoms with E-state index in [1.165, 1.54) is 40.1 Å². The lowest BCUT2D eigenvalue weighted by Gasteiger charge is -2.22. The first-order valence-electron chi connectivity index (χ1n) is 11.9. The lowest BCUT2D eigenvalue weighted by Crippen LogP contribution is -2.29. The van der Waals surface area contributed by atoms with Gasteiger partial charge in [-0.15, -0.1) is 10.2 Å². The number of amides is 1. The Morgan fingerprint density at radius 3 is 2.71 bits per heavy atom. The number of halogens is 1. The summed E-state index contributed by atoms with van der Waals surface area (Å²) < 4.78 is 26.3. The van der Waals surface area contributed by atoms with Crippen LogP contribution in [0, 0.1) is 5.82 Å². The van der Waals surface area contributed by atoms with E-state index in [0.717, 1.165) is 11.6 Å². The van der Waals surface area contributed by atoms with Crippen LogP contribution in [0.15, 0.2) is 86.3 Å². The van der Waals surface area contributed by atoms with Crippen molar-refractivity contribution >= 4 is 45.1 Å². The number of carbonyl (C=O) groups excluding carboxylic acids is 1. The van der Waals surface area contributed by atoms with Crippen molar-refractivity contribution in [2.45, 2.75) is 23.1 Å². The maximum absolute atomic E-state index is 14.0. The van der Waals surface area contributed by atoms with E-state index in [0.29, 0.717) is 33.1 Å². The summed E-state index contributed by atoms with van der Waals surface area (Å²) in [7, 11) is 0. The molecule has 0 N–H and O–H groups in total. The molecule has 6 rings (SSSR count). The van der Waals surface area contributed by atoms with Crippen molar-refractivity contribution in [1.82, 2.24) is 10.2 Å². The number of ether oxygens (including phenoxy) is 1. The Balaban J connectivity index is 1.46. The van der Waals surface area contributed by atoms with Gasteiger partial charge in [0.15, 0.2) is 9.77 Å². The summed E-state index contributed by atoms with van der Waals surface area (Å²) in [5, 5.41) is 9.00. The fourth-order valence-corrected chi connectivity index (χ4v) is 6.30. The zero-order valence-electron chi connectivity index (χ0n) is 20.1. The van der Waals surface area contributed by atoms with Crippen LogP contribution in [0.25, 0.3) is 11.0 Å². The smallest absolute Gasteiger partial charge is 0.297 e. The van der Waals surface area contributed by atoms with Gasteiger partial charge in [0.2, 0.25) is 10.9 Å². The SMILES string of the molecule is CCOc1cccc(C2c3c(oc4ccc(F)cc4c3=O)C(=O)N2c2nnc(SCc3ccccc3)s2)c1. The van der Waals surface area contributed by atoms with Gasteiger partial charge in [-0.3, -0.25) is 14.5 Å². The van der Waals surface area contributed by atoms with E-state index in [2.05, 4.69) is 10.2 Å². The highest BCUT2D eigenvalue weighted by atomic mass is 32.2. The van der Waals surface area contributed by atoms with Crippen LogP contribution in [0.4, 0.5) is 9.52 Å². The van der Waals surface area contributed by atoms with Gasteiger partial charge in [-0.05, 0) is 48.4 Å². The summed E-state index contributed by atoms with van der Waals surface area (Å²) in [6.45, 7) is 2.33. The maximum atomic E-state index is 14.0. The summed E-state index contributed by atoms with van der Waals surface area (Å²) in [4.78, 5) is 28.9. The molecule has 3 heterocycles. The van der Waals surface area contributed by atoms with Crippen LogP contribution < -0.4 is 15.1 Å². The first-order chi connectivity index (χ1) is 18.5. The van der Waals surface area contributed by atoms with Gasteiger partial charge in [-0.25, -0.2) is 4.39 Å². The first-order valence-corrected chi connectivity index (χ1v) is 13.7. The van der Waals surface area contributed by atoms with E-state index in [9.17, 15) is 14.0 Å². The lowest BCUT2D eigenvalue weighted by atomic mass is 9.98. The molecule has 1 unspecified atom stereocenters. The second-order valence-electron chi connectivity index (χ2n) is 8.52. The normalized spacial score (nSPS) is 14.7. The number of hydrogen-bond donors (Lipinski definition) is 0. The van der Waals surface area contributed by atoms with Crippen LogP contribution in [0.2, 0.25) is 0 Å². The lowest BCUT2D eigenvalue weighted by molar-refractivity contribution is 0.0970. The first kappa shape index (κ1) is 24.3. The molecule has 0 radical (unpaired) electrons. The molecule has 0 saturated carbocycles. The van der Waals surface area contributed by atoms with Crippen molar-refractivity contribution in [3.05, 3.63) is 111 Å². The molecule has 0 bridgehead atoms. The van der Waals surface area contributed by atoms with Gasteiger partial charge < -0.3 is 9.15 Å². The summed E-state index contributed by atoms with van der Waals surface area (Å²) in [6, 6.07) is 20.0. The number of nitrogens with zero attached hydrogens (tertiary/aromatic N) is 3. The van der Waals surface area contributed by atoms with Gasteiger partial charge in [0.25, 0.3) is 5.91 Å². The third-order valence-corrected chi connectivity index (χ3v) is 8.25. The highest BCUT2D eigenvalue weighted by Crippen LogP contribution is 2.44. The second kappa shape index (κ2) is 10.0. The van der Waals surface area contributed by atoms with E-state index in [1.54, 1.807) is 18.2 Å². The van der Waals surface area contributed by atoms with E-state index < -0.39 is 23.2 Å². The summed E-state index contributed by atoms with van der Waals surface area (Å²) in [6.07, 6.45) is 0. The van der Waals surface area contributed by atoms with Crippen LogP contribution in [-0.4, -0.2) is 22.7 Å². The number of rotatable bonds is 7. The summed E-state index contributed by atoms with van der Waals surface area (Å²) >= 11 is 2.77. The minimum absolute atomic E-state index is 0.0701. The molecule has 5 aromatic rings. The molecule has 2 aromatic heterocycles. The highest BCUT2D eigenvalue weighted by molar-refractivity contribution is 8.00. The fourth-order valence-electron chi connectivity index (χ4n) is 4.48. The topological polar surface area (TPSA) is 85.5 Å². The minimum atomic E-state index is -0.846. The Morgan fingerprint density at radius 2 is 1.89 bits per heavy atom. The summed E-state index contributed by atoms with van der Waals surface area (Å²) in [5.41, 5.74) is 1.59. The van der Waals surface area contributed by atoms with Crippen molar-refractivity contribution in [2.75, 3.05) is 11.5 Å². The van der Waals surface area contributed by atoms with Gasteiger partial charge in [-0.2, -0.15) is 0 Å². The molecule has 3 aromatic carbocycles. The number of thioether (sulfide) groups is 1. The van der Waals surface area contributed by atoms with Crippen LogP contribution in [-0.2, 0) is 5.75 Å². The molecule has 1 atom stereocenters. The van der Waals surface area contributed by atoms with Crippen LogP contribution >= 0.6 is 23.1 Å². The molecule has 0 aliphatic carbocycles. The largest absolute Gasteiger partial charge is 0.494 e. The third-order valence-electron chi connectivity index (χ3n) is 6.12. The number of fused-ring (bicyclic) bond motifs is 2. The number of benzene rings is 3. The average Bonchev–Trinajstić information content (AvgIpc) is 3.51. The number of carbonyl (C=O) groups is 1. The van der Waals surface area contributed by atoms with Crippen molar-refractivity contribution < 1.29 is 18.3 Å². The monoisotopic (exact) mass is 545 g/mol. The predicted molar refractivity (Wildman–Crippen MR) is 145 cm³/mol. The molecule has 1 aliphatic heterocycles. The molecule has 0 saturated heterocycles. The van der Waals surface area contributed by atoms with Crippen LogP contribution in [0.1, 0.15) is 40.2 Å². The molecule has 190 valence electrons. The quantitative estimate of drug-likeness (QED) is 0.177.